The minimum Gasteiger partial charge on any atom is -0.506 e. The zero-order valence-electron chi connectivity index (χ0n) is 15.3. The molecule has 0 spiro atoms. The van der Waals surface area contributed by atoms with Crippen molar-refractivity contribution >= 4 is 60.5 Å². The maximum Gasteiger partial charge on any atom is 0.283 e. The van der Waals surface area contributed by atoms with Gasteiger partial charge in [0.15, 0.2) is 0 Å². The van der Waals surface area contributed by atoms with Crippen molar-refractivity contribution < 1.29 is 19.5 Å². The van der Waals surface area contributed by atoms with Crippen LogP contribution in [-0.2, 0) is 0 Å². The number of imidazole rings is 1. The first-order valence-corrected chi connectivity index (χ1v) is 10.2. The third kappa shape index (κ3) is 4.01. The molecule has 3 N–H and O–H groups in total. The van der Waals surface area contributed by atoms with Gasteiger partial charge in [-0.3, -0.25) is 15.1 Å². The minimum absolute atomic E-state index is 0.129. The second-order valence-corrected chi connectivity index (χ2v) is 8.07. The van der Waals surface area contributed by atoms with Crippen molar-refractivity contribution in [2.75, 3.05) is 0 Å². The van der Waals surface area contributed by atoms with Crippen molar-refractivity contribution in [1.82, 2.24) is 9.97 Å². The predicted octanol–water partition coefficient (Wildman–Crippen LogP) is 5.96. The minimum atomic E-state index is -0.709. The van der Waals surface area contributed by atoms with Crippen LogP contribution in [0.5, 0.6) is 11.5 Å². The van der Waals surface area contributed by atoms with Crippen molar-refractivity contribution in [3.05, 3.63) is 72.9 Å². The van der Waals surface area contributed by atoms with Crippen molar-refractivity contribution in [2.45, 2.75) is 0 Å². The van der Waals surface area contributed by atoms with E-state index in [4.69, 9.17) is 0 Å². The van der Waals surface area contributed by atoms with Gasteiger partial charge in [0.1, 0.15) is 27.6 Å². The van der Waals surface area contributed by atoms with E-state index in [2.05, 4.69) is 46.8 Å². The van der Waals surface area contributed by atoms with Gasteiger partial charge < -0.3 is 15.2 Å². The van der Waals surface area contributed by atoms with Crippen molar-refractivity contribution in [1.29, 1.82) is 0 Å². The SMILES string of the molecule is O=[N+]([O-])c1cc(F)ccc1-c1nc2ccc(N=Cc3cc(Br)c(O)c(Br)c3O)cc2[nH]1. The molecular formula is C20H11Br2FN4O4. The van der Waals surface area contributed by atoms with Gasteiger partial charge in [0.2, 0.25) is 0 Å². The summed E-state index contributed by atoms with van der Waals surface area (Å²) in [6.07, 6.45) is 1.42. The molecule has 0 amide bonds. The Balaban J connectivity index is 1.71. The van der Waals surface area contributed by atoms with Crippen LogP contribution >= 0.6 is 31.9 Å². The van der Waals surface area contributed by atoms with Crippen LogP contribution in [0, 0.1) is 15.9 Å². The number of aromatic hydroxyl groups is 2. The fraction of sp³-hybridized carbons (Fsp3) is 0. The lowest BCUT2D eigenvalue weighted by Gasteiger charge is -2.06. The molecular weight excluding hydrogens is 539 g/mol. The zero-order chi connectivity index (χ0) is 22.3. The highest BCUT2D eigenvalue weighted by Gasteiger charge is 2.19. The number of phenols is 2. The van der Waals surface area contributed by atoms with Gasteiger partial charge >= 0.3 is 0 Å². The summed E-state index contributed by atoms with van der Waals surface area (Å²) in [4.78, 5) is 22.3. The Hall–Kier alpha value is -3.31. The molecule has 8 nitrogen and oxygen atoms in total. The average Bonchev–Trinajstić information content (AvgIpc) is 3.16. The summed E-state index contributed by atoms with van der Waals surface area (Å²) < 4.78 is 13.9. The summed E-state index contributed by atoms with van der Waals surface area (Å²) >= 11 is 6.31. The molecule has 0 atom stereocenters. The smallest absolute Gasteiger partial charge is 0.283 e. The highest BCUT2D eigenvalue weighted by Crippen LogP contribution is 2.40. The number of hydrogen-bond acceptors (Lipinski definition) is 6. The van der Waals surface area contributed by atoms with E-state index in [0.717, 1.165) is 12.1 Å². The Morgan fingerprint density at radius 2 is 1.90 bits per heavy atom. The largest absolute Gasteiger partial charge is 0.506 e. The number of nitro groups is 1. The van der Waals surface area contributed by atoms with Crippen LogP contribution in [0.1, 0.15) is 5.56 Å². The van der Waals surface area contributed by atoms with Crippen LogP contribution in [0.15, 0.2) is 56.4 Å². The van der Waals surface area contributed by atoms with Gasteiger partial charge in [-0.2, -0.15) is 0 Å². The number of fused-ring (bicyclic) bond motifs is 1. The summed E-state index contributed by atoms with van der Waals surface area (Å²) in [6.45, 7) is 0. The molecule has 0 aliphatic rings. The van der Waals surface area contributed by atoms with Crippen molar-refractivity contribution in [2.24, 2.45) is 4.99 Å². The van der Waals surface area contributed by atoms with E-state index in [-0.39, 0.29) is 27.4 Å². The number of nitro benzene ring substituents is 1. The third-order valence-electron chi connectivity index (χ3n) is 4.43. The van der Waals surface area contributed by atoms with E-state index in [0.29, 0.717) is 26.8 Å². The number of aromatic amines is 1. The number of aliphatic imine (C=N–C) groups is 1. The van der Waals surface area contributed by atoms with Crippen molar-refractivity contribution in [3.8, 4) is 22.9 Å². The Kier molecular flexibility index (Phi) is 5.46. The van der Waals surface area contributed by atoms with E-state index < -0.39 is 16.4 Å². The predicted molar refractivity (Wildman–Crippen MR) is 121 cm³/mol. The number of rotatable bonds is 4. The summed E-state index contributed by atoms with van der Waals surface area (Å²) in [7, 11) is 0. The number of aromatic nitrogens is 2. The molecule has 11 heteroatoms. The first-order chi connectivity index (χ1) is 14.7. The van der Waals surface area contributed by atoms with Crippen LogP contribution in [0.3, 0.4) is 0 Å². The lowest BCUT2D eigenvalue weighted by atomic mass is 10.1. The van der Waals surface area contributed by atoms with Gasteiger partial charge in [0.25, 0.3) is 5.69 Å². The Morgan fingerprint density at radius 3 is 2.65 bits per heavy atom. The standard InChI is InChI=1S/C20H11Br2FN4O4/c21-13-5-9(18(28)17(22)19(13)29)8-24-11-2-4-14-15(7-11)26-20(25-14)12-3-1-10(23)6-16(12)27(30)31/h1-8,28-29H,(H,25,26). The fourth-order valence-electron chi connectivity index (χ4n) is 2.92. The molecule has 0 saturated carbocycles. The molecule has 3 aromatic carbocycles. The summed E-state index contributed by atoms with van der Waals surface area (Å²) in [5, 5.41) is 31.2. The molecule has 0 unspecified atom stereocenters. The van der Waals surface area contributed by atoms with Gasteiger partial charge in [-0.25, -0.2) is 9.37 Å². The number of hydrogen-bond donors (Lipinski definition) is 3. The molecule has 1 aromatic heterocycles. The topological polar surface area (TPSA) is 125 Å². The molecule has 0 saturated heterocycles. The van der Waals surface area contributed by atoms with Crippen LogP contribution in [-0.4, -0.2) is 31.3 Å². The molecule has 0 fully saturated rings. The van der Waals surface area contributed by atoms with Gasteiger partial charge in [-0.15, -0.1) is 0 Å². The first kappa shape index (κ1) is 20.9. The lowest BCUT2D eigenvalue weighted by molar-refractivity contribution is -0.384. The molecule has 0 aliphatic carbocycles. The number of halogens is 3. The highest BCUT2D eigenvalue weighted by atomic mass is 79.9. The van der Waals surface area contributed by atoms with Gasteiger partial charge in [-0.05, 0) is 68.3 Å². The molecule has 31 heavy (non-hydrogen) atoms. The van der Waals surface area contributed by atoms with Gasteiger partial charge in [0, 0.05) is 11.8 Å². The fourth-order valence-corrected chi connectivity index (χ4v) is 4.07. The number of H-pyrrole nitrogens is 1. The molecule has 4 aromatic rings. The van der Waals surface area contributed by atoms with E-state index >= 15 is 0 Å². The second-order valence-electron chi connectivity index (χ2n) is 6.42. The Labute approximate surface area is 190 Å². The normalized spacial score (nSPS) is 11.5. The van der Waals surface area contributed by atoms with Crippen LogP contribution in [0.25, 0.3) is 22.4 Å². The summed E-state index contributed by atoms with van der Waals surface area (Å²) in [5.74, 6) is -0.778. The first-order valence-electron chi connectivity index (χ1n) is 8.62. The highest BCUT2D eigenvalue weighted by molar-refractivity contribution is 9.11. The monoisotopic (exact) mass is 548 g/mol. The van der Waals surface area contributed by atoms with E-state index in [1.54, 1.807) is 18.2 Å². The maximum absolute atomic E-state index is 13.4. The molecule has 4 rings (SSSR count). The second kappa shape index (κ2) is 8.08. The van der Waals surface area contributed by atoms with E-state index in [1.807, 2.05) is 0 Å². The average molecular weight is 550 g/mol. The number of benzene rings is 3. The van der Waals surface area contributed by atoms with Crippen LogP contribution in [0.2, 0.25) is 0 Å². The number of phenolic OH excluding ortho intramolecular Hbond substituents is 2. The molecule has 156 valence electrons. The van der Waals surface area contributed by atoms with Crippen LogP contribution in [0.4, 0.5) is 15.8 Å². The Bertz CT molecular complexity index is 1390. The van der Waals surface area contributed by atoms with Gasteiger partial charge in [-0.1, -0.05) is 0 Å². The van der Waals surface area contributed by atoms with Crippen LogP contribution < -0.4 is 0 Å². The van der Waals surface area contributed by atoms with Crippen molar-refractivity contribution in [3.63, 3.8) is 0 Å². The van der Waals surface area contributed by atoms with E-state index in [1.165, 1.54) is 18.3 Å². The van der Waals surface area contributed by atoms with E-state index in [9.17, 15) is 24.7 Å². The molecule has 0 radical (unpaired) electrons. The summed E-state index contributed by atoms with van der Waals surface area (Å²) in [5.41, 5.74) is 1.78. The number of nitrogens with zero attached hydrogens (tertiary/aromatic N) is 3. The molecule has 0 bridgehead atoms. The number of nitrogens with one attached hydrogen (secondary N) is 1. The third-order valence-corrected chi connectivity index (χ3v) is 5.78. The molecule has 0 aliphatic heterocycles. The quantitative estimate of drug-likeness (QED) is 0.164. The summed E-state index contributed by atoms with van der Waals surface area (Å²) in [6, 6.07) is 9.83. The Morgan fingerprint density at radius 1 is 1.13 bits per heavy atom. The zero-order valence-corrected chi connectivity index (χ0v) is 18.5. The molecule has 1 heterocycles. The van der Waals surface area contributed by atoms with Gasteiger partial charge in [0.05, 0.1) is 37.7 Å². The maximum atomic E-state index is 13.4. The lowest BCUT2D eigenvalue weighted by Crippen LogP contribution is -1.94.